The van der Waals surface area contributed by atoms with Crippen molar-refractivity contribution >= 4 is 23.2 Å². The van der Waals surface area contributed by atoms with Crippen molar-refractivity contribution in [2.75, 3.05) is 37.0 Å². The molecule has 0 spiro atoms. The third-order valence-corrected chi connectivity index (χ3v) is 7.10. The molecule has 0 aliphatic carbocycles. The third-order valence-electron chi connectivity index (χ3n) is 7.10. The molecule has 4 N–H and O–H groups in total. The maximum atomic E-state index is 13.6. The Morgan fingerprint density at radius 1 is 1.15 bits per heavy atom. The molecule has 214 valence electrons. The number of benzene rings is 3. The molecule has 3 aromatic rings. The van der Waals surface area contributed by atoms with Gasteiger partial charge in [-0.3, -0.25) is 9.59 Å². The van der Waals surface area contributed by atoms with E-state index < -0.39 is 12.1 Å². The average molecular weight is 556 g/mol. The first kappa shape index (κ1) is 29.6. The first-order valence-electron chi connectivity index (χ1n) is 13.9. The van der Waals surface area contributed by atoms with Gasteiger partial charge in [-0.25, -0.2) is 0 Å². The minimum absolute atomic E-state index is 0.0467. The summed E-state index contributed by atoms with van der Waals surface area (Å²) in [5, 5.41) is 30.0. The molecule has 0 unspecified atom stereocenters. The van der Waals surface area contributed by atoms with Crippen LogP contribution >= 0.6 is 0 Å². The average Bonchev–Trinajstić information content (AvgIpc) is 3.43. The highest BCUT2D eigenvalue weighted by Crippen LogP contribution is 2.27. The molecular formula is C32H37N5O4. The van der Waals surface area contributed by atoms with Gasteiger partial charge in [-0.05, 0) is 61.7 Å². The van der Waals surface area contributed by atoms with Gasteiger partial charge in [-0.15, -0.1) is 0 Å². The Morgan fingerprint density at radius 2 is 1.95 bits per heavy atom. The lowest BCUT2D eigenvalue weighted by atomic mass is 10.00. The summed E-state index contributed by atoms with van der Waals surface area (Å²) in [6.45, 7) is 3.83. The molecule has 1 aliphatic rings. The van der Waals surface area contributed by atoms with Crippen molar-refractivity contribution < 1.29 is 19.4 Å². The number of methoxy groups -OCH3 is 1. The third kappa shape index (κ3) is 7.84. The van der Waals surface area contributed by atoms with Gasteiger partial charge in [-0.2, -0.15) is 5.26 Å². The topological polar surface area (TPSA) is 127 Å². The minimum atomic E-state index is -0.916. The van der Waals surface area contributed by atoms with E-state index in [2.05, 4.69) is 22.0 Å². The highest BCUT2D eigenvalue weighted by atomic mass is 16.5. The standard InChI is InChI=1S/C32H37N5O4/c1-3-35-26-16-24(17-27(18-26)37-13-7-10-31(37)39)32(40)36-28(15-22-8-5-4-6-9-22)29(38)21-34-20-25-14-23(19-33)11-12-30(25)41-2/h4-6,8-9,11-12,14,16-18,28-29,34-35,38H,3,7,10,13,15,20-21H2,1-2H3,(H,36,40)/t28-,29-/m0/s1. The van der Waals surface area contributed by atoms with Gasteiger partial charge in [0.1, 0.15) is 5.75 Å². The highest BCUT2D eigenvalue weighted by molar-refractivity contribution is 6.00. The van der Waals surface area contributed by atoms with Crippen LogP contribution in [0.2, 0.25) is 0 Å². The van der Waals surface area contributed by atoms with Crippen LogP contribution in [0.1, 0.15) is 46.8 Å². The molecule has 2 amide bonds. The number of carbonyl (C=O) groups is 2. The summed E-state index contributed by atoms with van der Waals surface area (Å²) in [7, 11) is 1.57. The van der Waals surface area contributed by atoms with Crippen molar-refractivity contribution in [1.82, 2.24) is 10.6 Å². The van der Waals surface area contributed by atoms with Crippen molar-refractivity contribution in [3.63, 3.8) is 0 Å². The molecular weight excluding hydrogens is 518 g/mol. The van der Waals surface area contributed by atoms with Crippen LogP contribution in [0.3, 0.4) is 0 Å². The van der Waals surface area contributed by atoms with Crippen LogP contribution in [-0.4, -0.2) is 55.8 Å². The fourth-order valence-corrected chi connectivity index (χ4v) is 5.01. The Labute approximate surface area is 241 Å². The number of nitrogens with one attached hydrogen (secondary N) is 3. The summed E-state index contributed by atoms with van der Waals surface area (Å²) in [5.41, 5.74) is 4.15. The van der Waals surface area contributed by atoms with Gasteiger partial charge in [0.05, 0.1) is 30.9 Å². The number of nitriles is 1. The van der Waals surface area contributed by atoms with Gasteiger partial charge in [0.15, 0.2) is 0 Å². The summed E-state index contributed by atoms with van der Waals surface area (Å²) in [4.78, 5) is 27.7. The normalized spacial score (nSPS) is 14.3. The molecule has 3 aromatic carbocycles. The van der Waals surface area contributed by atoms with E-state index in [0.29, 0.717) is 55.0 Å². The van der Waals surface area contributed by atoms with Crippen LogP contribution in [0.25, 0.3) is 0 Å². The summed E-state index contributed by atoms with van der Waals surface area (Å²) in [6, 6.07) is 21.8. The van der Waals surface area contributed by atoms with E-state index in [9.17, 15) is 20.0 Å². The van der Waals surface area contributed by atoms with Crippen molar-refractivity contribution in [1.29, 1.82) is 5.26 Å². The number of carbonyl (C=O) groups excluding carboxylic acids is 2. The molecule has 0 radical (unpaired) electrons. The first-order valence-corrected chi connectivity index (χ1v) is 13.9. The van der Waals surface area contributed by atoms with Crippen LogP contribution in [-0.2, 0) is 17.8 Å². The molecule has 1 saturated heterocycles. The lowest BCUT2D eigenvalue weighted by Crippen LogP contribution is -2.48. The van der Waals surface area contributed by atoms with Crippen LogP contribution in [0.4, 0.5) is 11.4 Å². The van der Waals surface area contributed by atoms with Crippen molar-refractivity contribution in [2.24, 2.45) is 0 Å². The van der Waals surface area contributed by atoms with E-state index in [4.69, 9.17) is 4.74 Å². The lowest BCUT2D eigenvalue weighted by Gasteiger charge is -2.26. The molecule has 0 bridgehead atoms. The predicted molar refractivity (Wildman–Crippen MR) is 159 cm³/mol. The number of anilines is 2. The van der Waals surface area contributed by atoms with Gasteiger partial charge in [-0.1, -0.05) is 30.3 Å². The molecule has 0 aromatic heterocycles. The number of amides is 2. The fourth-order valence-electron chi connectivity index (χ4n) is 5.01. The number of ether oxygens (including phenoxy) is 1. The van der Waals surface area contributed by atoms with Gasteiger partial charge >= 0.3 is 0 Å². The summed E-state index contributed by atoms with van der Waals surface area (Å²) >= 11 is 0. The number of nitrogens with zero attached hydrogens (tertiary/aromatic N) is 2. The van der Waals surface area contributed by atoms with Crippen LogP contribution in [0, 0.1) is 11.3 Å². The molecule has 1 aliphatic heterocycles. The zero-order valence-electron chi connectivity index (χ0n) is 23.5. The van der Waals surface area contributed by atoms with Crippen LogP contribution in [0.15, 0.2) is 66.7 Å². The Morgan fingerprint density at radius 3 is 2.63 bits per heavy atom. The number of rotatable bonds is 13. The minimum Gasteiger partial charge on any atom is -0.496 e. The van der Waals surface area contributed by atoms with Crippen molar-refractivity contribution in [2.45, 2.75) is 44.9 Å². The molecule has 9 heteroatoms. The number of hydrogen-bond acceptors (Lipinski definition) is 7. The maximum absolute atomic E-state index is 13.6. The highest BCUT2D eigenvalue weighted by Gasteiger charge is 2.26. The second-order valence-electron chi connectivity index (χ2n) is 10.1. The number of aliphatic hydroxyl groups is 1. The van der Waals surface area contributed by atoms with Gasteiger partial charge < -0.3 is 30.7 Å². The fraction of sp³-hybridized carbons (Fsp3) is 0.344. The second kappa shape index (κ2) is 14.3. The van der Waals surface area contributed by atoms with E-state index >= 15 is 0 Å². The van der Waals surface area contributed by atoms with Crippen molar-refractivity contribution in [3.05, 3.63) is 89.0 Å². The van der Waals surface area contributed by atoms with Gasteiger partial charge in [0.2, 0.25) is 5.91 Å². The Balaban J connectivity index is 1.51. The number of hydrogen-bond donors (Lipinski definition) is 4. The van der Waals surface area contributed by atoms with Gasteiger partial charge in [0, 0.05) is 55.1 Å². The molecule has 1 heterocycles. The summed E-state index contributed by atoms with van der Waals surface area (Å²) in [5.74, 6) is 0.361. The van der Waals surface area contributed by atoms with Gasteiger partial charge in [0.25, 0.3) is 5.91 Å². The monoisotopic (exact) mass is 555 g/mol. The molecule has 4 rings (SSSR count). The van der Waals surface area contributed by atoms with E-state index in [-0.39, 0.29) is 18.4 Å². The molecule has 1 fully saturated rings. The van der Waals surface area contributed by atoms with E-state index in [1.807, 2.05) is 43.3 Å². The van der Waals surface area contributed by atoms with Crippen LogP contribution in [0.5, 0.6) is 5.75 Å². The smallest absolute Gasteiger partial charge is 0.251 e. The molecule has 0 saturated carbocycles. The summed E-state index contributed by atoms with van der Waals surface area (Å²) < 4.78 is 5.41. The Kier molecular flexibility index (Phi) is 10.3. The Bertz CT molecular complexity index is 1390. The predicted octanol–water partition coefficient (Wildman–Crippen LogP) is 3.62. The largest absolute Gasteiger partial charge is 0.496 e. The quantitative estimate of drug-likeness (QED) is 0.254. The summed E-state index contributed by atoms with van der Waals surface area (Å²) in [6.07, 6.45) is 0.794. The van der Waals surface area contributed by atoms with E-state index in [1.165, 1.54) is 0 Å². The lowest BCUT2D eigenvalue weighted by molar-refractivity contribution is -0.117. The Hall–Kier alpha value is -4.39. The zero-order chi connectivity index (χ0) is 29.2. The zero-order valence-corrected chi connectivity index (χ0v) is 23.5. The van der Waals surface area contributed by atoms with E-state index in [1.54, 1.807) is 42.3 Å². The molecule has 2 atom stereocenters. The number of aliphatic hydroxyl groups excluding tert-OH is 1. The SMILES string of the molecule is CCNc1cc(C(=O)N[C@@H](Cc2ccccc2)[C@@H](O)CNCc2cc(C#N)ccc2OC)cc(N2CCCC2=O)c1. The second-order valence-corrected chi connectivity index (χ2v) is 10.1. The van der Waals surface area contributed by atoms with Crippen molar-refractivity contribution in [3.8, 4) is 11.8 Å². The van der Waals surface area contributed by atoms with E-state index in [0.717, 1.165) is 23.2 Å². The molecule has 9 nitrogen and oxygen atoms in total. The molecule has 41 heavy (non-hydrogen) atoms. The maximum Gasteiger partial charge on any atom is 0.251 e. The van der Waals surface area contributed by atoms with Crippen LogP contribution < -0.4 is 25.6 Å². The first-order chi connectivity index (χ1) is 19.9.